The average Bonchev–Trinajstić information content (AvgIpc) is 2.84. The van der Waals surface area contributed by atoms with E-state index < -0.39 is 0 Å². The van der Waals surface area contributed by atoms with Crippen LogP contribution < -0.4 is 0 Å². The van der Waals surface area contributed by atoms with Gasteiger partial charge in [0.25, 0.3) is 0 Å². The summed E-state index contributed by atoms with van der Waals surface area (Å²) in [7, 11) is 0. The van der Waals surface area contributed by atoms with Crippen LogP contribution in [0.4, 0.5) is 0 Å². The van der Waals surface area contributed by atoms with Crippen molar-refractivity contribution in [3.8, 4) is 0 Å². The van der Waals surface area contributed by atoms with E-state index >= 15 is 0 Å². The summed E-state index contributed by atoms with van der Waals surface area (Å²) in [5.41, 5.74) is 1.03. The zero-order valence-corrected chi connectivity index (χ0v) is 16.2. The molecule has 0 N–H and O–H groups in total. The SMILES string of the molecule is CCCC1=CC(=O)CCC12OC1(C)CC3(C)C(CCC3C(C)=O)CC12. The maximum atomic E-state index is 12.2. The number of ketones is 2. The second kappa shape index (κ2) is 5.52. The van der Waals surface area contributed by atoms with Crippen molar-refractivity contribution in [2.45, 2.75) is 90.3 Å². The Morgan fingerprint density at radius 2 is 2.08 bits per heavy atom. The van der Waals surface area contributed by atoms with Crippen LogP contribution in [0, 0.1) is 23.2 Å². The summed E-state index contributed by atoms with van der Waals surface area (Å²) in [6.07, 6.45) is 9.78. The first kappa shape index (κ1) is 17.5. The van der Waals surface area contributed by atoms with E-state index in [0.717, 1.165) is 38.5 Å². The van der Waals surface area contributed by atoms with Crippen LogP contribution in [0.1, 0.15) is 79.1 Å². The van der Waals surface area contributed by atoms with Crippen molar-refractivity contribution in [3.63, 3.8) is 0 Å². The van der Waals surface area contributed by atoms with Crippen LogP contribution in [-0.4, -0.2) is 22.8 Å². The molecule has 6 atom stereocenters. The summed E-state index contributed by atoms with van der Waals surface area (Å²) < 4.78 is 6.74. The monoisotopic (exact) mass is 344 g/mol. The first-order chi connectivity index (χ1) is 11.7. The Balaban J connectivity index is 1.65. The molecule has 0 amide bonds. The number of carbonyl (C=O) groups is 2. The first-order valence-electron chi connectivity index (χ1n) is 10.2. The van der Waals surface area contributed by atoms with E-state index in [4.69, 9.17) is 4.74 Å². The van der Waals surface area contributed by atoms with Crippen molar-refractivity contribution in [1.82, 2.24) is 0 Å². The largest absolute Gasteiger partial charge is 0.364 e. The molecule has 0 aromatic rings. The first-order valence-corrected chi connectivity index (χ1v) is 10.2. The third-order valence-electron chi connectivity index (χ3n) is 8.13. The van der Waals surface area contributed by atoms with Crippen LogP contribution in [0.15, 0.2) is 11.6 Å². The maximum Gasteiger partial charge on any atom is 0.155 e. The molecule has 3 nitrogen and oxygen atoms in total. The molecule has 138 valence electrons. The fourth-order valence-corrected chi connectivity index (χ4v) is 7.19. The van der Waals surface area contributed by atoms with Crippen molar-refractivity contribution < 1.29 is 14.3 Å². The van der Waals surface area contributed by atoms with E-state index in [9.17, 15) is 9.59 Å². The predicted molar refractivity (Wildman–Crippen MR) is 97.2 cm³/mol. The van der Waals surface area contributed by atoms with Crippen molar-refractivity contribution >= 4 is 11.6 Å². The van der Waals surface area contributed by atoms with Gasteiger partial charge in [-0.1, -0.05) is 20.3 Å². The minimum absolute atomic E-state index is 0.0951. The Labute approximate surface area is 151 Å². The van der Waals surface area contributed by atoms with E-state index in [1.54, 1.807) is 6.92 Å². The third kappa shape index (κ3) is 2.27. The van der Waals surface area contributed by atoms with Crippen molar-refractivity contribution in [3.05, 3.63) is 11.6 Å². The van der Waals surface area contributed by atoms with E-state index in [-0.39, 0.29) is 28.3 Å². The number of carbonyl (C=O) groups excluding carboxylic acids is 2. The quantitative estimate of drug-likeness (QED) is 0.749. The number of ether oxygens (including phenoxy) is 1. The second-order valence-corrected chi connectivity index (χ2v) is 9.60. The van der Waals surface area contributed by atoms with Gasteiger partial charge in [0.05, 0.1) is 11.2 Å². The summed E-state index contributed by atoms with van der Waals surface area (Å²) in [6, 6.07) is 0. The van der Waals surface area contributed by atoms with Gasteiger partial charge in [0, 0.05) is 18.3 Å². The molecule has 4 rings (SSSR count). The highest BCUT2D eigenvalue weighted by molar-refractivity contribution is 5.92. The van der Waals surface area contributed by atoms with Crippen LogP contribution >= 0.6 is 0 Å². The summed E-state index contributed by atoms with van der Waals surface area (Å²) >= 11 is 0. The summed E-state index contributed by atoms with van der Waals surface area (Å²) in [6.45, 7) is 8.54. The molecule has 4 aliphatic rings. The smallest absolute Gasteiger partial charge is 0.155 e. The summed E-state index contributed by atoms with van der Waals surface area (Å²) in [5, 5.41) is 0. The molecular weight excluding hydrogens is 312 g/mol. The zero-order chi connectivity index (χ0) is 18.0. The number of allylic oxidation sites excluding steroid dienone is 1. The molecule has 0 aromatic carbocycles. The van der Waals surface area contributed by atoms with Gasteiger partial charge in [-0.2, -0.15) is 0 Å². The Morgan fingerprint density at radius 3 is 2.76 bits per heavy atom. The Hall–Kier alpha value is -0.960. The molecule has 2 saturated carbocycles. The summed E-state index contributed by atoms with van der Waals surface area (Å²) in [5.74, 6) is 1.96. The predicted octanol–water partition coefficient (Wildman–Crippen LogP) is 4.64. The second-order valence-electron chi connectivity index (χ2n) is 9.60. The number of hydrogen-bond acceptors (Lipinski definition) is 3. The van der Waals surface area contributed by atoms with E-state index in [0.29, 0.717) is 24.0 Å². The van der Waals surface area contributed by atoms with Crippen LogP contribution in [0.2, 0.25) is 0 Å². The van der Waals surface area contributed by atoms with Gasteiger partial charge >= 0.3 is 0 Å². The molecule has 6 unspecified atom stereocenters. The van der Waals surface area contributed by atoms with Gasteiger partial charge in [0.15, 0.2) is 5.78 Å². The molecule has 0 aromatic heterocycles. The Bertz CT molecular complexity index is 650. The lowest BCUT2D eigenvalue weighted by Crippen LogP contribution is -2.72. The highest BCUT2D eigenvalue weighted by atomic mass is 16.6. The molecule has 1 spiro atoms. The van der Waals surface area contributed by atoms with Gasteiger partial charge in [-0.05, 0) is 75.4 Å². The van der Waals surface area contributed by atoms with Crippen LogP contribution in [0.3, 0.4) is 0 Å². The van der Waals surface area contributed by atoms with Gasteiger partial charge in [0.1, 0.15) is 5.78 Å². The lowest BCUT2D eigenvalue weighted by atomic mass is 9.48. The van der Waals surface area contributed by atoms with Crippen molar-refractivity contribution in [2.24, 2.45) is 23.2 Å². The van der Waals surface area contributed by atoms with Crippen molar-refractivity contribution in [1.29, 1.82) is 0 Å². The highest BCUT2D eigenvalue weighted by Gasteiger charge is 2.70. The lowest BCUT2D eigenvalue weighted by molar-refractivity contribution is -0.337. The zero-order valence-electron chi connectivity index (χ0n) is 16.2. The van der Waals surface area contributed by atoms with E-state index in [2.05, 4.69) is 20.8 Å². The minimum Gasteiger partial charge on any atom is -0.364 e. The number of fused-ring (bicyclic) bond motifs is 3. The molecule has 1 aliphatic heterocycles. The number of Topliss-reactive ketones (excluding diaryl/α,β-unsaturated/α-hetero) is 1. The number of rotatable bonds is 3. The topological polar surface area (TPSA) is 43.4 Å². The van der Waals surface area contributed by atoms with Gasteiger partial charge in [0.2, 0.25) is 0 Å². The van der Waals surface area contributed by atoms with Gasteiger partial charge in [-0.15, -0.1) is 0 Å². The average molecular weight is 344 g/mol. The molecular formula is C22H32O3. The molecule has 3 fully saturated rings. The molecule has 1 saturated heterocycles. The fraction of sp³-hybridized carbons (Fsp3) is 0.818. The summed E-state index contributed by atoms with van der Waals surface area (Å²) in [4.78, 5) is 24.2. The third-order valence-corrected chi connectivity index (χ3v) is 8.13. The van der Waals surface area contributed by atoms with E-state index in [1.165, 1.54) is 12.0 Å². The molecule has 0 bridgehead atoms. The standard InChI is InChI=1S/C22H32O3/c1-5-6-16-11-17(24)9-10-22(16)19-12-15-7-8-18(14(2)23)20(15,3)13-21(19,4)25-22/h11,15,18-19H,5-10,12-13H2,1-4H3. The van der Waals surface area contributed by atoms with Crippen LogP contribution in [0.25, 0.3) is 0 Å². The molecule has 3 heteroatoms. The lowest BCUT2D eigenvalue weighted by Gasteiger charge is -2.69. The van der Waals surface area contributed by atoms with E-state index in [1.807, 2.05) is 6.08 Å². The van der Waals surface area contributed by atoms with Crippen LogP contribution in [-0.2, 0) is 14.3 Å². The molecule has 0 radical (unpaired) electrons. The van der Waals surface area contributed by atoms with Crippen molar-refractivity contribution in [2.75, 3.05) is 0 Å². The molecule has 1 heterocycles. The normalized spacial score (nSPS) is 48.6. The fourth-order valence-electron chi connectivity index (χ4n) is 7.19. The maximum absolute atomic E-state index is 12.2. The van der Waals surface area contributed by atoms with Gasteiger partial charge in [-0.25, -0.2) is 0 Å². The number of hydrogen-bond donors (Lipinski definition) is 0. The Kier molecular flexibility index (Phi) is 3.85. The minimum atomic E-state index is -0.186. The van der Waals surface area contributed by atoms with Crippen LogP contribution in [0.5, 0.6) is 0 Å². The highest BCUT2D eigenvalue weighted by Crippen LogP contribution is 2.69. The van der Waals surface area contributed by atoms with Gasteiger partial charge in [-0.3, -0.25) is 9.59 Å². The molecule has 3 aliphatic carbocycles. The Morgan fingerprint density at radius 1 is 1.32 bits per heavy atom. The molecule has 25 heavy (non-hydrogen) atoms. The van der Waals surface area contributed by atoms with Gasteiger partial charge < -0.3 is 4.74 Å².